The molecule has 0 heterocycles. The van der Waals surface area contributed by atoms with E-state index in [-0.39, 0.29) is 10.8 Å². The molecule has 0 spiro atoms. The molecule has 0 aromatic heterocycles. The molecule has 2 N–H and O–H groups in total. The standard InChI is InChI=1S/C7H8BClO4/c1-12-5-3-2-4-6(7(5)9)13-8(10)11/h2-4,10-11H,1H3. The molecular weight excluding hydrogens is 194 g/mol. The van der Waals surface area contributed by atoms with Gasteiger partial charge in [0.25, 0.3) is 0 Å². The minimum Gasteiger partial charge on any atom is -0.511 e. The molecule has 0 aliphatic carbocycles. The quantitative estimate of drug-likeness (QED) is 0.708. The molecule has 13 heavy (non-hydrogen) atoms. The Morgan fingerprint density at radius 2 is 1.92 bits per heavy atom. The highest BCUT2D eigenvalue weighted by Crippen LogP contribution is 2.33. The van der Waals surface area contributed by atoms with Gasteiger partial charge in [-0.25, -0.2) is 0 Å². The maximum Gasteiger partial charge on any atom is 0.707 e. The monoisotopic (exact) mass is 202 g/mol. The van der Waals surface area contributed by atoms with Gasteiger partial charge in [0, 0.05) is 0 Å². The van der Waals surface area contributed by atoms with Gasteiger partial charge in [-0.3, -0.25) is 0 Å². The van der Waals surface area contributed by atoms with E-state index in [4.69, 9.17) is 26.4 Å². The van der Waals surface area contributed by atoms with E-state index in [0.29, 0.717) is 5.75 Å². The average molecular weight is 202 g/mol. The van der Waals surface area contributed by atoms with Gasteiger partial charge in [-0.15, -0.1) is 0 Å². The van der Waals surface area contributed by atoms with Crippen LogP contribution in [0.25, 0.3) is 0 Å². The number of ether oxygens (including phenoxy) is 1. The molecule has 0 bridgehead atoms. The molecule has 6 heteroatoms. The largest absolute Gasteiger partial charge is 0.707 e. The molecule has 1 rings (SSSR count). The summed E-state index contributed by atoms with van der Waals surface area (Å²) in [4.78, 5) is 0. The predicted octanol–water partition coefficient (Wildman–Crippen LogP) is 0.697. The van der Waals surface area contributed by atoms with Crippen molar-refractivity contribution in [1.82, 2.24) is 0 Å². The summed E-state index contributed by atoms with van der Waals surface area (Å²) in [5, 5.41) is 17.3. The fourth-order valence-corrected chi connectivity index (χ4v) is 1.10. The third-order valence-electron chi connectivity index (χ3n) is 1.38. The van der Waals surface area contributed by atoms with Crippen molar-refractivity contribution in [1.29, 1.82) is 0 Å². The summed E-state index contributed by atoms with van der Waals surface area (Å²) in [5.41, 5.74) is 0. The Bertz CT molecular complexity index is 292. The first kappa shape index (κ1) is 10.2. The van der Waals surface area contributed by atoms with Crippen molar-refractivity contribution in [2.45, 2.75) is 0 Å². The number of methoxy groups -OCH3 is 1. The van der Waals surface area contributed by atoms with Crippen LogP contribution in [0.2, 0.25) is 5.02 Å². The van der Waals surface area contributed by atoms with Crippen molar-refractivity contribution in [2.75, 3.05) is 7.11 Å². The zero-order chi connectivity index (χ0) is 9.84. The van der Waals surface area contributed by atoms with Crippen LogP contribution in [0.4, 0.5) is 0 Å². The molecule has 4 nitrogen and oxygen atoms in total. The number of hydrogen-bond acceptors (Lipinski definition) is 4. The summed E-state index contributed by atoms with van der Waals surface area (Å²) in [6, 6.07) is 4.77. The topological polar surface area (TPSA) is 58.9 Å². The van der Waals surface area contributed by atoms with E-state index in [0.717, 1.165) is 0 Å². The van der Waals surface area contributed by atoms with Crippen LogP contribution in [0.3, 0.4) is 0 Å². The van der Waals surface area contributed by atoms with Crippen LogP contribution >= 0.6 is 11.6 Å². The SMILES string of the molecule is COc1cccc(OB(O)O)c1Cl. The van der Waals surface area contributed by atoms with Crippen LogP contribution in [0, 0.1) is 0 Å². The van der Waals surface area contributed by atoms with E-state index >= 15 is 0 Å². The van der Waals surface area contributed by atoms with Crippen molar-refractivity contribution in [3.8, 4) is 11.5 Å². The molecule has 70 valence electrons. The summed E-state index contributed by atoms with van der Waals surface area (Å²) in [7, 11) is -0.426. The molecule has 0 saturated carbocycles. The summed E-state index contributed by atoms with van der Waals surface area (Å²) in [5.74, 6) is 0.579. The van der Waals surface area contributed by atoms with Crippen LogP contribution < -0.4 is 9.39 Å². The molecule has 0 saturated heterocycles. The van der Waals surface area contributed by atoms with Gasteiger partial charge in [0.1, 0.15) is 16.5 Å². The number of rotatable bonds is 3. The Morgan fingerprint density at radius 1 is 1.31 bits per heavy atom. The summed E-state index contributed by atoms with van der Waals surface area (Å²) < 4.78 is 9.48. The lowest BCUT2D eigenvalue weighted by Crippen LogP contribution is -2.20. The highest BCUT2D eigenvalue weighted by Gasteiger charge is 2.15. The Balaban J connectivity index is 2.94. The fourth-order valence-electron chi connectivity index (χ4n) is 0.853. The Hall–Kier alpha value is -0.905. The van der Waals surface area contributed by atoms with E-state index in [1.165, 1.54) is 13.2 Å². The van der Waals surface area contributed by atoms with Crippen LogP contribution in [-0.4, -0.2) is 24.5 Å². The Morgan fingerprint density at radius 3 is 2.46 bits per heavy atom. The van der Waals surface area contributed by atoms with Crippen molar-refractivity contribution >= 4 is 18.9 Å². The second-order valence-electron chi connectivity index (χ2n) is 2.22. The van der Waals surface area contributed by atoms with E-state index in [1.54, 1.807) is 12.1 Å². The molecule has 0 fully saturated rings. The lowest BCUT2D eigenvalue weighted by atomic mass is 10.2. The van der Waals surface area contributed by atoms with E-state index < -0.39 is 7.32 Å². The summed E-state index contributed by atoms with van der Waals surface area (Å²) >= 11 is 5.78. The maximum atomic E-state index is 8.53. The molecule has 0 amide bonds. The highest BCUT2D eigenvalue weighted by molar-refractivity contribution is 6.36. The number of benzene rings is 1. The number of halogens is 1. The van der Waals surface area contributed by atoms with Gasteiger partial charge in [0.05, 0.1) is 7.11 Å². The van der Waals surface area contributed by atoms with Crippen molar-refractivity contribution in [3.63, 3.8) is 0 Å². The normalized spacial score (nSPS) is 9.54. The average Bonchev–Trinajstić information content (AvgIpc) is 2.08. The second kappa shape index (κ2) is 4.36. The molecule has 0 radical (unpaired) electrons. The highest BCUT2D eigenvalue weighted by atomic mass is 35.5. The first-order valence-electron chi connectivity index (χ1n) is 3.50. The zero-order valence-electron chi connectivity index (χ0n) is 6.90. The third-order valence-corrected chi connectivity index (χ3v) is 1.75. The molecule has 0 aliphatic heterocycles. The lowest BCUT2D eigenvalue weighted by Gasteiger charge is -2.09. The van der Waals surface area contributed by atoms with Gasteiger partial charge in [0.2, 0.25) is 0 Å². The smallest absolute Gasteiger partial charge is 0.511 e. The third kappa shape index (κ3) is 2.52. The van der Waals surface area contributed by atoms with Crippen LogP contribution in [-0.2, 0) is 0 Å². The van der Waals surface area contributed by atoms with Gasteiger partial charge >= 0.3 is 7.32 Å². The summed E-state index contributed by atoms with van der Waals surface area (Å²) in [6.07, 6.45) is 0. The Labute approximate surface area is 80.8 Å². The zero-order valence-corrected chi connectivity index (χ0v) is 7.65. The molecule has 0 aliphatic rings. The van der Waals surface area contributed by atoms with Gasteiger partial charge in [0.15, 0.2) is 0 Å². The van der Waals surface area contributed by atoms with Crippen LogP contribution in [0.15, 0.2) is 18.2 Å². The fraction of sp³-hybridized carbons (Fsp3) is 0.143. The first-order chi connectivity index (χ1) is 6.15. The molecule has 0 atom stereocenters. The van der Waals surface area contributed by atoms with E-state index in [9.17, 15) is 0 Å². The molecule has 0 unspecified atom stereocenters. The van der Waals surface area contributed by atoms with Gasteiger partial charge in [-0.05, 0) is 12.1 Å². The van der Waals surface area contributed by atoms with Crippen molar-refractivity contribution in [3.05, 3.63) is 23.2 Å². The minimum absolute atomic E-state index is 0.163. The lowest BCUT2D eigenvalue weighted by molar-refractivity contribution is 0.287. The maximum absolute atomic E-state index is 8.53. The molecule has 1 aromatic carbocycles. The Kier molecular flexibility index (Phi) is 3.42. The van der Waals surface area contributed by atoms with Crippen LogP contribution in [0.5, 0.6) is 11.5 Å². The second-order valence-corrected chi connectivity index (χ2v) is 2.59. The van der Waals surface area contributed by atoms with Crippen LogP contribution in [0.1, 0.15) is 0 Å². The van der Waals surface area contributed by atoms with E-state index in [2.05, 4.69) is 4.65 Å². The van der Waals surface area contributed by atoms with E-state index in [1.807, 2.05) is 0 Å². The van der Waals surface area contributed by atoms with Gasteiger partial charge < -0.3 is 19.4 Å². The molecule has 1 aromatic rings. The van der Waals surface area contributed by atoms with Crippen molar-refractivity contribution in [2.24, 2.45) is 0 Å². The van der Waals surface area contributed by atoms with Crippen molar-refractivity contribution < 1.29 is 19.4 Å². The van der Waals surface area contributed by atoms with Gasteiger partial charge in [-0.2, -0.15) is 0 Å². The number of hydrogen-bond donors (Lipinski definition) is 2. The molecular formula is C7H8BClO4. The predicted molar refractivity (Wildman–Crippen MR) is 48.8 cm³/mol. The van der Waals surface area contributed by atoms with Gasteiger partial charge in [-0.1, -0.05) is 17.7 Å². The summed E-state index contributed by atoms with van der Waals surface area (Å²) in [6.45, 7) is 0. The first-order valence-corrected chi connectivity index (χ1v) is 3.88. The minimum atomic E-state index is -1.88.